The Labute approximate surface area is 144 Å². The number of aliphatic imine (C=N–C) groups is 1. The van der Waals surface area contributed by atoms with Gasteiger partial charge in [0, 0.05) is 26.2 Å². The molecule has 0 bridgehead atoms. The van der Waals surface area contributed by atoms with Crippen LogP contribution < -0.4 is 5.32 Å². The van der Waals surface area contributed by atoms with E-state index >= 15 is 0 Å². The van der Waals surface area contributed by atoms with Crippen molar-refractivity contribution in [3.63, 3.8) is 0 Å². The molecule has 1 aliphatic heterocycles. The molecule has 0 aromatic heterocycles. The quantitative estimate of drug-likeness (QED) is 0.344. The SMILES string of the molecule is CCNC(=NCCCc1ccc(O)cc1)N1CCCC1.I. The first-order valence-corrected chi connectivity index (χ1v) is 7.61. The van der Waals surface area contributed by atoms with E-state index in [1.165, 1.54) is 18.4 Å². The Bertz CT molecular complexity index is 428. The van der Waals surface area contributed by atoms with Crippen LogP contribution in [0, 0.1) is 0 Å². The van der Waals surface area contributed by atoms with E-state index in [1.807, 2.05) is 12.1 Å². The number of nitrogens with zero attached hydrogens (tertiary/aromatic N) is 2. The van der Waals surface area contributed by atoms with E-state index in [-0.39, 0.29) is 24.0 Å². The molecule has 1 aliphatic rings. The van der Waals surface area contributed by atoms with Gasteiger partial charge in [-0.1, -0.05) is 12.1 Å². The van der Waals surface area contributed by atoms with E-state index in [9.17, 15) is 5.11 Å². The summed E-state index contributed by atoms with van der Waals surface area (Å²) in [6.45, 7) is 6.14. The summed E-state index contributed by atoms with van der Waals surface area (Å²) in [7, 11) is 0. The zero-order valence-electron chi connectivity index (χ0n) is 12.7. The molecule has 118 valence electrons. The van der Waals surface area contributed by atoms with E-state index in [2.05, 4.69) is 17.1 Å². The van der Waals surface area contributed by atoms with Crippen LogP contribution in [0.5, 0.6) is 5.75 Å². The van der Waals surface area contributed by atoms with Crippen molar-refractivity contribution >= 4 is 29.9 Å². The van der Waals surface area contributed by atoms with Gasteiger partial charge in [0.25, 0.3) is 0 Å². The molecular weight excluding hydrogens is 377 g/mol. The maximum atomic E-state index is 9.25. The topological polar surface area (TPSA) is 47.9 Å². The first-order chi connectivity index (χ1) is 9.79. The van der Waals surface area contributed by atoms with E-state index in [0.717, 1.165) is 45.0 Å². The number of hydrogen-bond acceptors (Lipinski definition) is 2. The molecule has 2 rings (SSSR count). The molecule has 1 aromatic carbocycles. The Hall–Kier alpha value is -0.980. The number of benzene rings is 1. The maximum Gasteiger partial charge on any atom is 0.193 e. The second-order valence-electron chi connectivity index (χ2n) is 5.20. The van der Waals surface area contributed by atoms with Crippen LogP contribution in [0.3, 0.4) is 0 Å². The Kier molecular flexibility index (Phi) is 8.49. The van der Waals surface area contributed by atoms with Gasteiger partial charge in [-0.3, -0.25) is 4.99 Å². The van der Waals surface area contributed by atoms with E-state index in [4.69, 9.17) is 4.99 Å². The highest BCUT2D eigenvalue weighted by Gasteiger charge is 2.14. The summed E-state index contributed by atoms with van der Waals surface area (Å²) >= 11 is 0. The average Bonchev–Trinajstić information content (AvgIpc) is 2.98. The first kappa shape index (κ1) is 18.1. The highest BCUT2D eigenvalue weighted by Crippen LogP contribution is 2.11. The van der Waals surface area contributed by atoms with Crippen LogP contribution in [-0.4, -0.2) is 42.1 Å². The number of nitrogens with one attached hydrogen (secondary N) is 1. The molecule has 1 fully saturated rings. The monoisotopic (exact) mass is 403 g/mol. The van der Waals surface area contributed by atoms with Gasteiger partial charge in [0.1, 0.15) is 5.75 Å². The minimum absolute atomic E-state index is 0. The summed E-state index contributed by atoms with van der Waals surface area (Å²) in [5.41, 5.74) is 1.25. The average molecular weight is 403 g/mol. The lowest BCUT2D eigenvalue weighted by atomic mass is 10.1. The van der Waals surface area contributed by atoms with Gasteiger partial charge < -0.3 is 15.3 Å². The fourth-order valence-electron chi connectivity index (χ4n) is 2.49. The van der Waals surface area contributed by atoms with Crippen LogP contribution in [0.1, 0.15) is 31.7 Å². The molecule has 0 amide bonds. The van der Waals surface area contributed by atoms with Gasteiger partial charge in [-0.05, 0) is 50.3 Å². The van der Waals surface area contributed by atoms with Gasteiger partial charge in [0.05, 0.1) is 0 Å². The number of likely N-dealkylation sites (tertiary alicyclic amines) is 1. The summed E-state index contributed by atoms with van der Waals surface area (Å²) in [4.78, 5) is 7.06. The highest BCUT2D eigenvalue weighted by atomic mass is 127. The molecule has 1 saturated heterocycles. The van der Waals surface area contributed by atoms with Crippen LogP contribution in [-0.2, 0) is 6.42 Å². The minimum atomic E-state index is 0. The number of phenols is 1. The highest BCUT2D eigenvalue weighted by molar-refractivity contribution is 14.0. The molecule has 0 atom stereocenters. The molecule has 1 aromatic rings. The molecule has 1 heterocycles. The predicted molar refractivity (Wildman–Crippen MR) is 98.6 cm³/mol. The van der Waals surface area contributed by atoms with E-state index < -0.39 is 0 Å². The number of guanidine groups is 1. The molecule has 0 unspecified atom stereocenters. The predicted octanol–water partition coefficient (Wildman–Crippen LogP) is 3.00. The van der Waals surface area contributed by atoms with Crippen LogP contribution in [0.4, 0.5) is 0 Å². The Balaban J connectivity index is 0.00000220. The third-order valence-corrected chi connectivity index (χ3v) is 3.56. The van der Waals surface area contributed by atoms with Crippen LogP contribution in [0.2, 0.25) is 0 Å². The fraction of sp³-hybridized carbons (Fsp3) is 0.562. The smallest absolute Gasteiger partial charge is 0.193 e. The second kappa shape index (κ2) is 9.87. The standard InChI is InChI=1S/C16H25N3O.HI/c1-2-17-16(19-12-3-4-13-19)18-11-5-6-14-7-9-15(20)10-8-14;/h7-10,20H,2-6,11-13H2,1H3,(H,17,18);1H. The summed E-state index contributed by atoms with van der Waals surface area (Å²) in [5, 5.41) is 12.6. The molecular formula is C16H26IN3O. The minimum Gasteiger partial charge on any atom is -0.508 e. The fourth-order valence-corrected chi connectivity index (χ4v) is 2.49. The lowest BCUT2D eigenvalue weighted by Gasteiger charge is -2.20. The number of halogens is 1. The van der Waals surface area contributed by atoms with Crippen molar-refractivity contribution in [2.24, 2.45) is 4.99 Å². The van der Waals surface area contributed by atoms with Crippen molar-refractivity contribution in [3.05, 3.63) is 29.8 Å². The molecule has 0 spiro atoms. The van der Waals surface area contributed by atoms with Crippen molar-refractivity contribution in [1.82, 2.24) is 10.2 Å². The van der Waals surface area contributed by atoms with Gasteiger partial charge in [0.2, 0.25) is 0 Å². The molecule has 0 saturated carbocycles. The lowest BCUT2D eigenvalue weighted by Crippen LogP contribution is -2.39. The van der Waals surface area contributed by atoms with Gasteiger partial charge in [-0.15, -0.1) is 24.0 Å². The van der Waals surface area contributed by atoms with Crippen molar-refractivity contribution < 1.29 is 5.11 Å². The number of aromatic hydroxyl groups is 1. The second-order valence-corrected chi connectivity index (χ2v) is 5.20. The van der Waals surface area contributed by atoms with Gasteiger partial charge >= 0.3 is 0 Å². The van der Waals surface area contributed by atoms with Crippen LogP contribution >= 0.6 is 24.0 Å². The molecule has 2 N–H and O–H groups in total. The summed E-state index contributed by atoms with van der Waals surface area (Å²) < 4.78 is 0. The molecule has 21 heavy (non-hydrogen) atoms. The van der Waals surface area contributed by atoms with Crippen molar-refractivity contribution in [2.45, 2.75) is 32.6 Å². The number of phenolic OH excluding ortho intramolecular Hbond substituents is 1. The normalized spacial score (nSPS) is 14.9. The largest absolute Gasteiger partial charge is 0.508 e. The number of rotatable bonds is 5. The summed E-state index contributed by atoms with van der Waals surface area (Å²) in [5.74, 6) is 1.39. The third-order valence-electron chi connectivity index (χ3n) is 3.56. The van der Waals surface area contributed by atoms with Crippen molar-refractivity contribution in [3.8, 4) is 5.75 Å². The zero-order chi connectivity index (χ0) is 14.2. The number of aryl methyl sites for hydroxylation is 1. The third kappa shape index (κ3) is 6.11. The van der Waals surface area contributed by atoms with E-state index in [1.54, 1.807) is 12.1 Å². The Morgan fingerprint density at radius 1 is 1.24 bits per heavy atom. The molecule has 4 nitrogen and oxygen atoms in total. The van der Waals surface area contributed by atoms with Crippen molar-refractivity contribution in [1.29, 1.82) is 0 Å². The zero-order valence-corrected chi connectivity index (χ0v) is 15.0. The molecule has 0 radical (unpaired) electrons. The van der Waals surface area contributed by atoms with Gasteiger partial charge in [-0.2, -0.15) is 0 Å². The van der Waals surface area contributed by atoms with Crippen LogP contribution in [0.15, 0.2) is 29.3 Å². The molecule has 5 heteroatoms. The lowest BCUT2D eigenvalue weighted by molar-refractivity contribution is 0.475. The Morgan fingerprint density at radius 2 is 1.90 bits per heavy atom. The summed E-state index contributed by atoms with van der Waals surface area (Å²) in [6, 6.07) is 7.44. The van der Waals surface area contributed by atoms with Gasteiger partial charge in [-0.25, -0.2) is 0 Å². The van der Waals surface area contributed by atoms with Gasteiger partial charge in [0.15, 0.2) is 5.96 Å². The van der Waals surface area contributed by atoms with Crippen molar-refractivity contribution in [2.75, 3.05) is 26.2 Å². The maximum absolute atomic E-state index is 9.25. The number of hydrogen-bond donors (Lipinski definition) is 2. The van der Waals surface area contributed by atoms with Crippen LogP contribution in [0.25, 0.3) is 0 Å². The molecule has 0 aliphatic carbocycles. The first-order valence-electron chi connectivity index (χ1n) is 7.61. The Morgan fingerprint density at radius 3 is 2.52 bits per heavy atom. The van der Waals surface area contributed by atoms with E-state index in [0.29, 0.717) is 5.75 Å². The summed E-state index contributed by atoms with van der Waals surface area (Å²) in [6.07, 6.45) is 4.59.